The lowest BCUT2D eigenvalue weighted by molar-refractivity contribution is 0.953. The molecular formula is C11H10N2O. The normalized spacial score (nSPS) is 11.0. The Morgan fingerprint density at radius 3 is 2.71 bits per heavy atom. The summed E-state index contributed by atoms with van der Waals surface area (Å²) in [5, 5.41) is 14.0. The molecule has 3 nitrogen and oxygen atoms in total. The van der Waals surface area contributed by atoms with Crippen LogP contribution in [0.5, 0.6) is 0 Å². The number of aryl methyl sites for hydroxylation is 2. The minimum atomic E-state index is 0.751. The topological polar surface area (TPSA) is 40.4 Å². The first-order valence-corrected chi connectivity index (χ1v) is 4.38. The Morgan fingerprint density at radius 2 is 2.07 bits per heavy atom. The van der Waals surface area contributed by atoms with E-state index < -0.39 is 0 Å². The predicted octanol–water partition coefficient (Wildman–Crippen LogP) is 2.28. The maximum atomic E-state index is 10.2. The smallest absolute Gasteiger partial charge is 0.293 e. The van der Waals surface area contributed by atoms with Crippen molar-refractivity contribution in [1.29, 1.82) is 0 Å². The van der Waals surface area contributed by atoms with Crippen molar-refractivity contribution in [1.82, 2.24) is 4.57 Å². The molecule has 2 rings (SSSR count). The summed E-state index contributed by atoms with van der Waals surface area (Å²) in [5.74, 6) is 0. The first kappa shape index (κ1) is 8.73. The quantitative estimate of drug-likeness (QED) is 0.382. The van der Waals surface area contributed by atoms with Crippen molar-refractivity contribution in [3.63, 3.8) is 0 Å². The third-order valence-electron chi connectivity index (χ3n) is 2.51. The van der Waals surface area contributed by atoms with E-state index in [4.69, 9.17) is 0 Å². The molecule has 0 aliphatic heterocycles. The summed E-state index contributed by atoms with van der Waals surface area (Å²) in [6.07, 6.45) is 2.47. The number of benzene rings is 1. The Kier molecular flexibility index (Phi) is 1.95. The third-order valence-corrected chi connectivity index (χ3v) is 2.51. The van der Waals surface area contributed by atoms with Crippen LogP contribution in [-0.4, -0.2) is 10.8 Å². The van der Waals surface area contributed by atoms with Gasteiger partial charge in [-0.3, -0.25) is 4.57 Å². The Hall–Kier alpha value is -1.86. The largest absolute Gasteiger partial charge is 0.766 e. The number of nitrogens with zero attached hydrogens (tertiary/aromatic N) is 2. The number of fused-ring (bicyclic) bond motifs is 1. The first-order chi connectivity index (χ1) is 6.75. The second-order valence-electron chi connectivity index (χ2n) is 3.25. The number of para-hydroxylation sites is 1. The van der Waals surface area contributed by atoms with Crippen molar-refractivity contribution in [2.24, 2.45) is 12.2 Å². The third kappa shape index (κ3) is 1.07. The fraction of sp³-hybridized carbons (Fsp3) is 0.182. The van der Waals surface area contributed by atoms with Gasteiger partial charge in [-0.1, -0.05) is 12.1 Å². The summed E-state index contributed by atoms with van der Waals surface area (Å²) in [6, 6.07) is 7.99. The van der Waals surface area contributed by atoms with Gasteiger partial charge in [0.1, 0.15) is 5.56 Å². The summed E-state index contributed by atoms with van der Waals surface area (Å²) in [6.45, 7) is 1.97. The van der Waals surface area contributed by atoms with Gasteiger partial charge in [-0.2, -0.15) is 5.16 Å². The van der Waals surface area contributed by atoms with Gasteiger partial charge >= 0.3 is 0 Å². The maximum absolute atomic E-state index is 10.2. The van der Waals surface area contributed by atoms with Gasteiger partial charge in [-0.15, -0.1) is 0 Å². The number of aromatic nitrogens is 1. The molecule has 0 saturated carbocycles. The predicted molar refractivity (Wildman–Crippen MR) is 57.6 cm³/mol. The molecule has 0 aliphatic carbocycles. The SMILES string of the molecule is Cc1c([C+]=N[O-])n(C)c2ccccc12. The van der Waals surface area contributed by atoms with E-state index in [-0.39, 0.29) is 0 Å². The fourth-order valence-corrected chi connectivity index (χ4v) is 1.78. The van der Waals surface area contributed by atoms with E-state index in [0.717, 1.165) is 22.2 Å². The van der Waals surface area contributed by atoms with Crippen LogP contribution in [0.4, 0.5) is 0 Å². The van der Waals surface area contributed by atoms with Crippen LogP contribution < -0.4 is 0 Å². The lowest BCUT2D eigenvalue weighted by Crippen LogP contribution is -1.95. The van der Waals surface area contributed by atoms with Gasteiger partial charge in [0, 0.05) is 14.0 Å². The average Bonchev–Trinajstić information content (AvgIpc) is 2.45. The van der Waals surface area contributed by atoms with Gasteiger partial charge in [-0.25, -0.2) is 0 Å². The molecular weight excluding hydrogens is 176 g/mol. The van der Waals surface area contributed by atoms with Crippen molar-refractivity contribution >= 4 is 17.1 Å². The molecule has 1 heterocycles. The standard InChI is InChI=1S/C11H10N2O/c1-8-9-5-3-4-6-10(9)13(2)11(8)7-12-14/h3-6H,1-2H3. The molecule has 14 heavy (non-hydrogen) atoms. The van der Waals surface area contributed by atoms with Gasteiger partial charge in [-0.05, 0) is 12.1 Å². The van der Waals surface area contributed by atoms with E-state index in [9.17, 15) is 5.21 Å². The summed E-state index contributed by atoms with van der Waals surface area (Å²) in [4.78, 5) is 0. The molecule has 0 N–H and O–H groups in total. The van der Waals surface area contributed by atoms with E-state index >= 15 is 0 Å². The molecule has 0 atom stereocenters. The molecule has 0 aliphatic rings. The van der Waals surface area contributed by atoms with Crippen LogP contribution in [0, 0.1) is 12.1 Å². The van der Waals surface area contributed by atoms with E-state index in [0.29, 0.717) is 0 Å². The zero-order valence-electron chi connectivity index (χ0n) is 8.11. The van der Waals surface area contributed by atoms with Crippen LogP contribution in [0.1, 0.15) is 11.3 Å². The highest BCUT2D eigenvalue weighted by Gasteiger charge is 2.19. The van der Waals surface area contributed by atoms with Crippen LogP contribution >= 0.6 is 0 Å². The number of rotatable bonds is 1. The minimum Gasteiger partial charge on any atom is -0.766 e. The minimum absolute atomic E-state index is 0.751. The van der Waals surface area contributed by atoms with E-state index in [2.05, 4.69) is 11.4 Å². The molecule has 0 spiro atoms. The monoisotopic (exact) mass is 186 g/mol. The molecule has 0 unspecified atom stereocenters. The summed E-state index contributed by atoms with van der Waals surface area (Å²) >= 11 is 0. The molecule has 0 saturated heterocycles. The van der Waals surface area contributed by atoms with Gasteiger partial charge in [0.25, 0.3) is 5.69 Å². The maximum Gasteiger partial charge on any atom is 0.293 e. The van der Waals surface area contributed by atoms with Crippen LogP contribution in [0.15, 0.2) is 29.4 Å². The number of hydrogen-bond acceptors (Lipinski definition) is 2. The zero-order chi connectivity index (χ0) is 10.1. The van der Waals surface area contributed by atoms with Crippen molar-refractivity contribution in [3.8, 4) is 0 Å². The zero-order valence-corrected chi connectivity index (χ0v) is 8.11. The van der Waals surface area contributed by atoms with Crippen molar-refractivity contribution in [2.45, 2.75) is 6.92 Å². The molecule has 0 radical (unpaired) electrons. The molecule has 70 valence electrons. The van der Waals surface area contributed by atoms with Crippen molar-refractivity contribution in [3.05, 3.63) is 40.7 Å². The second-order valence-corrected chi connectivity index (χ2v) is 3.25. The Labute approximate surface area is 82.3 Å². The van der Waals surface area contributed by atoms with Gasteiger partial charge < -0.3 is 5.21 Å². The molecule has 1 aromatic heterocycles. The summed E-state index contributed by atoms with van der Waals surface area (Å²) in [5.41, 5.74) is 2.89. The van der Waals surface area contributed by atoms with E-state index in [1.54, 1.807) is 0 Å². The van der Waals surface area contributed by atoms with Crippen molar-refractivity contribution < 1.29 is 0 Å². The van der Waals surface area contributed by atoms with E-state index in [1.165, 1.54) is 0 Å². The lowest BCUT2D eigenvalue weighted by atomic mass is 10.1. The van der Waals surface area contributed by atoms with Crippen LogP contribution in [0.2, 0.25) is 0 Å². The van der Waals surface area contributed by atoms with Gasteiger partial charge in [0.05, 0.1) is 10.9 Å². The lowest BCUT2D eigenvalue weighted by Gasteiger charge is -1.91. The van der Waals surface area contributed by atoms with Crippen molar-refractivity contribution in [2.75, 3.05) is 0 Å². The summed E-state index contributed by atoms with van der Waals surface area (Å²) < 4.78 is 1.92. The molecule has 0 fully saturated rings. The van der Waals surface area contributed by atoms with Crippen LogP contribution in [0.25, 0.3) is 10.9 Å². The number of hydrogen-bond donors (Lipinski definition) is 0. The highest BCUT2D eigenvalue weighted by atomic mass is 16.4. The molecule has 3 heteroatoms. The first-order valence-electron chi connectivity index (χ1n) is 4.38. The highest BCUT2D eigenvalue weighted by molar-refractivity contribution is 5.94. The molecule has 1 aromatic carbocycles. The van der Waals surface area contributed by atoms with Gasteiger partial charge in [0.15, 0.2) is 0 Å². The van der Waals surface area contributed by atoms with E-state index in [1.807, 2.05) is 42.8 Å². The highest BCUT2D eigenvalue weighted by Crippen LogP contribution is 2.22. The molecule has 0 bridgehead atoms. The Bertz CT molecular complexity index is 458. The average molecular weight is 186 g/mol. The Balaban J connectivity index is 2.85. The summed E-state index contributed by atoms with van der Waals surface area (Å²) in [7, 11) is 1.91. The van der Waals surface area contributed by atoms with Gasteiger partial charge in [0.2, 0.25) is 6.21 Å². The fourth-order valence-electron chi connectivity index (χ4n) is 1.78. The second kappa shape index (κ2) is 3.13. The van der Waals surface area contributed by atoms with Crippen LogP contribution in [-0.2, 0) is 7.05 Å². The Morgan fingerprint density at radius 1 is 1.36 bits per heavy atom. The molecule has 2 aromatic rings. The molecule has 0 amide bonds. The van der Waals surface area contributed by atoms with Crippen LogP contribution in [0.3, 0.4) is 0 Å².